The van der Waals surface area contributed by atoms with Gasteiger partial charge in [0.2, 0.25) is 5.82 Å². The zero-order chi connectivity index (χ0) is 30.0. The third kappa shape index (κ3) is 5.77. The van der Waals surface area contributed by atoms with E-state index in [1.165, 1.54) is 11.1 Å². The number of aryl methyl sites for hydroxylation is 7. The molecule has 0 radical (unpaired) electrons. The lowest BCUT2D eigenvalue weighted by atomic mass is 10.0. The molecular weight excluding hydrogens is 520 g/mol. The number of benzene rings is 3. The van der Waals surface area contributed by atoms with Crippen LogP contribution in [0, 0.1) is 59.8 Å². The van der Waals surface area contributed by atoms with Crippen molar-refractivity contribution < 1.29 is 0 Å². The molecule has 8 nitrogen and oxygen atoms in total. The van der Waals surface area contributed by atoms with Crippen LogP contribution in [0.4, 0.5) is 34.5 Å². The Morgan fingerprint density at radius 3 is 1.86 bits per heavy atom. The molecule has 0 bridgehead atoms. The Labute approximate surface area is 246 Å². The first-order chi connectivity index (χ1) is 20.1. The molecule has 3 aromatic carbocycles. The molecule has 0 saturated carbocycles. The lowest BCUT2D eigenvalue weighted by Crippen LogP contribution is -2.04. The minimum atomic E-state index is 0.220. The van der Waals surface area contributed by atoms with Gasteiger partial charge in [-0.05, 0) is 82.3 Å². The van der Waals surface area contributed by atoms with Crippen LogP contribution in [0.2, 0.25) is 0 Å². The number of nitriles is 1. The molecular formula is C34H34N8. The predicted molar refractivity (Wildman–Crippen MR) is 170 cm³/mol. The SMILES string of the molecule is Cc1cc(C)c(Nc2cc(C)c(N=Nc3n[nH]c(-c4ccccc4)c3C#N)c(Nc3c(C)cc(C)cc3C)n2)c(C)c1. The van der Waals surface area contributed by atoms with E-state index in [0.29, 0.717) is 28.6 Å². The molecule has 0 aliphatic heterocycles. The summed E-state index contributed by atoms with van der Waals surface area (Å²) >= 11 is 0. The minimum Gasteiger partial charge on any atom is -0.340 e. The number of hydrogen-bond acceptors (Lipinski definition) is 7. The molecule has 0 atom stereocenters. The van der Waals surface area contributed by atoms with E-state index in [0.717, 1.165) is 44.8 Å². The van der Waals surface area contributed by atoms with Crippen molar-refractivity contribution in [3.8, 4) is 17.3 Å². The monoisotopic (exact) mass is 554 g/mol. The van der Waals surface area contributed by atoms with Crippen LogP contribution in [0.5, 0.6) is 0 Å². The molecule has 2 heterocycles. The summed E-state index contributed by atoms with van der Waals surface area (Å²) in [5.41, 5.74) is 12.1. The Morgan fingerprint density at radius 2 is 1.29 bits per heavy atom. The average molecular weight is 555 g/mol. The van der Waals surface area contributed by atoms with Gasteiger partial charge in [0.25, 0.3) is 0 Å². The summed E-state index contributed by atoms with van der Waals surface area (Å²) in [6.07, 6.45) is 0. The van der Waals surface area contributed by atoms with Crippen LogP contribution in [-0.2, 0) is 0 Å². The molecule has 0 spiro atoms. The Morgan fingerprint density at radius 1 is 0.714 bits per heavy atom. The van der Waals surface area contributed by atoms with Gasteiger partial charge in [-0.25, -0.2) is 4.98 Å². The molecule has 210 valence electrons. The number of H-pyrrole nitrogens is 1. The highest BCUT2D eigenvalue weighted by molar-refractivity contribution is 5.78. The fraction of sp³-hybridized carbons (Fsp3) is 0.206. The molecule has 0 unspecified atom stereocenters. The van der Waals surface area contributed by atoms with Crippen molar-refractivity contribution in [2.45, 2.75) is 48.5 Å². The number of nitrogens with zero attached hydrogens (tertiary/aromatic N) is 5. The number of anilines is 4. The van der Waals surface area contributed by atoms with Crippen molar-refractivity contribution in [1.29, 1.82) is 5.26 Å². The van der Waals surface area contributed by atoms with Crippen LogP contribution in [0.3, 0.4) is 0 Å². The smallest absolute Gasteiger partial charge is 0.213 e. The third-order valence-electron chi connectivity index (χ3n) is 7.20. The number of aromatic amines is 1. The quantitative estimate of drug-likeness (QED) is 0.173. The van der Waals surface area contributed by atoms with Crippen molar-refractivity contribution in [2.75, 3.05) is 10.6 Å². The first-order valence-corrected chi connectivity index (χ1v) is 13.8. The molecule has 0 aliphatic rings. The highest BCUT2D eigenvalue weighted by Gasteiger charge is 2.17. The molecule has 0 fully saturated rings. The number of rotatable bonds is 7. The third-order valence-corrected chi connectivity index (χ3v) is 7.20. The maximum Gasteiger partial charge on any atom is 0.213 e. The molecule has 5 aromatic rings. The molecule has 5 rings (SSSR count). The summed E-state index contributed by atoms with van der Waals surface area (Å²) in [6, 6.07) is 22.4. The Bertz CT molecular complexity index is 1810. The molecule has 3 N–H and O–H groups in total. The molecule has 0 aliphatic carbocycles. The van der Waals surface area contributed by atoms with Gasteiger partial charge in [0.15, 0.2) is 5.82 Å². The Kier molecular flexibility index (Phi) is 7.85. The van der Waals surface area contributed by atoms with Crippen molar-refractivity contribution in [3.63, 3.8) is 0 Å². The Balaban J connectivity index is 1.59. The van der Waals surface area contributed by atoms with Gasteiger partial charge in [-0.15, -0.1) is 10.2 Å². The molecule has 42 heavy (non-hydrogen) atoms. The lowest BCUT2D eigenvalue weighted by molar-refractivity contribution is 1.05. The van der Waals surface area contributed by atoms with E-state index in [-0.39, 0.29) is 5.82 Å². The van der Waals surface area contributed by atoms with Gasteiger partial charge >= 0.3 is 0 Å². The minimum absolute atomic E-state index is 0.220. The van der Waals surface area contributed by atoms with Crippen LogP contribution in [0.1, 0.15) is 44.5 Å². The maximum atomic E-state index is 9.93. The summed E-state index contributed by atoms with van der Waals surface area (Å²) in [4.78, 5) is 4.97. The molecule has 0 saturated heterocycles. The number of azo groups is 1. The van der Waals surface area contributed by atoms with Crippen LogP contribution in [0.15, 0.2) is 70.9 Å². The van der Waals surface area contributed by atoms with Crippen LogP contribution >= 0.6 is 0 Å². The molecule has 2 aromatic heterocycles. The van der Waals surface area contributed by atoms with E-state index in [4.69, 9.17) is 4.98 Å². The normalized spacial score (nSPS) is 11.1. The predicted octanol–water partition coefficient (Wildman–Crippen LogP) is 9.40. The molecule has 8 heteroatoms. The number of hydrogen-bond donors (Lipinski definition) is 3. The van der Waals surface area contributed by atoms with E-state index in [9.17, 15) is 5.26 Å². The summed E-state index contributed by atoms with van der Waals surface area (Å²) in [6.45, 7) is 14.5. The van der Waals surface area contributed by atoms with Crippen molar-refractivity contribution >= 4 is 34.5 Å². The van der Waals surface area contributed by atoms with Crippen LogP contribution < -0.4 is 10.6 Å². The van der Waals surface area contributed by atoms with Gasteiger partial charge in [0.05, 0.1) is 5.69 Å². The van der Waals surface area contributed by atoms with Gasteiger partial charge in [-0.2, -0.15) is 10.4 Å². The van der Waals surface area contributed by atoms with E-state index < -0.39 is 0 Å². The first-order valence-electron chi connectivity index (χ1n) is 13.8. The largest absolute Gasteiger partial charge is 0.340 e. The Hall–Kier alpha value is -5.29. The topological polar surface area (TPSA) is 114 Å². The second-order valence-electron chi connectivity index (χ2n) is 10.8. The zero-order valence-electron chi connectivity index (χ0n) is 25.0. The van der Waals surface area contributed by atoms with E-state index in [1.54, 1.807) is 0 Å². The summed E-state index contributed by atoms with van der Waals surface area (Å²) < 4.78 is 0. The number of pyridine rings is 1. The van der Waals surface area contributed by atoms with Crippen LogP contribution in [-0.4, -0.2) is 15.2 Å². The van der Waals surface area contributed by atoms with Crippen LogP contribution in [0.25, 0.3) is 11.3 Å². The second-order valence-corrected chi connectivity index (χ2v) is 10.8. The fourth-order valence-corrected chi connectivity index (χ4v) is 5.37. The zero-order valence-corrected chi connectivity index (χ0v) is 25.0. The number of nitrogens with one attached hydrogen (secondary N) is 3. The maximum absolute atomic E-state index is 9.93. The summed E-state index contributed by atoms with van der Waals surface area (Å²) in [5.74, 6) is 1.46. The van der Waals surface area contributed by atoms with Gasteiger partial charge in [-0.1, -0.05) is 65.7 Å². The fourth-order valence-electron chi connectivity index (χ4n) is 5.37. The van der Waals surface area contributed by atoms with Gasteiger partial charge < -0.3 is 10.6 Å². The standard InChI is InChI=1S/C34H34N8/c1-19-13-21(3)29(22(4)14-19)36-28-17-25(7)31(34(37-28)38-30-23(5)15-20(2)16-24(30)6)39-41-33-27(18-35)32(40-42-33)26-11-9-8-10-12-26/h8-17H,1-7H3,(H,40,42)(H2,36,37,38). The highest BCUT2D eigenvalue weighted by atomic mass is 15.3. The van der Waals surface area contributed by atoms with Gasteiger partial charge in [0.1, 0.15) is 23.1 Å². The van der Waals surface area contributed by atoms with E-state index in [2.05, 4.69) is 103 Å². The second kappa shape index (κ2) is 11.7. The average Bonchev–Trinajstić information content (AvgIpc) is 3.35. The number of aromatic nitrogens is 3. The van der Waals surface area contributed by atoms with E-state index in [1.807, 2.05) is 43.3 Å². The van der Waals surface area contributed by atoms with Crippen molar-refractivity contribution in [1.82, 2.24) is 15.2 Å². The van der Waals surface area contributed by atoms with Crippen molar-refractivity contribution in [2.24, 2.45) is 10.2 Å². The van der Waals surface area contributed by atoms with E-state index >= 15 is 0 Å². The highest BCUT2D eigenvalue weighted by Crippen LogP contribution is 2.37. The summed E-state index contributed by atoms with van der Waals surface area (Å²) in [7, 11) is 0. The van der Waals surface area contributed by atoms with Gasteiger partial charge in [0, 0.05) is 16.9 Å². The van der Waals surface area contributed by atoms with Crippen molar-refractivity contribution in [3.05, 3.63) is 105 Å². The molecule has 0 amide bonds. The summed E-state index contributed by atoms with van der Waals surface area (Å²) in [5, 5.41) is 33.3. The first kappa shape index (κ1) is 28.2. The lowest BCUT2D eigenvalue weighted by Gasteiger charge is -2.18. The van der Waals surface area contributed by atoms with Gasteiger partial charge in [-0.3, -0.25) is 5.10 Å².